The van der Waals surface area contributed by atoms with Gasteiger partial charge in [-0.3, -0.25) is 4.90 Å². The molecule has 0 radical (unpaired) electrons. The van der Waals surface area contributed by atoms with E-state index in [2.05, 4.69) is 64.1 Å². The minimum atomic E-state index is 0.529. The van der Waals surface area contributed by atoms with Crippen LogP contribution in [0.1, 0.15) is 18.1 Å². The van der Waals surface area contributed by atoms with Crippen molar-refractivity contribution >= 4 is 32.4 Å². The summed E-state index contributed by atoms with van der Waals surface area (Å²) in [6.45, 7) is 3.46. The molecule has 0 spiro atoms. The highest BCUT2D eigenvalue weighted by molar-refractivity contribution is 9.10. The maximum absolute atomic E-state index is 3.69. The first kappa shape index (κ1) is 11.7. The van der Waals surface area contributed by atoms with Gasteiger partial charge in [0.2, 0.25) is 0 Å². The van der Waals surface area contributed by atoms with Crippen LogP contribution in [0.5, 0.6) is 0 Å². The van der Waals surface area contributed by atoms with Gasteiger partial charge in [-0.2, -0.15) is 0 Å². The third-order valence-corrected chi connectivity index (χ3v) is 5.19. The molecule has 0 unspecified atom stereocenters. The van der Waals surface area contributed by atoms with Crippen LogP contribution in [0.4, 0.5) is 0 Å². The average molecular weight is 317 g/mol. The van der Waals surface area contributed by atoms with Crippen LogP contribution in [-0.2, 0) is 6.42 Å². The number of aromatic amines is 1. The Bertz CT molecular complexity index is 698. The van der Waals surface area contributed by atoms with Crippen LogP contribution in [0.15, 0.2) is 28.9 Å². The maximum Gasteiger partial charge on any atom is 0.0864 e. The van der Waals surface area contributed by atoms with Crippen molar-refractivity contribution in [2.24, 2.45) is 5.92 Å². The van der Waals surface area contributed by atoms with Gasteiger partial charge in [-0.05, 0) is 58.1 Å². The van der Waals surface area contributed by atoms with E-state index in [9.17, 15) is 0 Å². The van der Waals surface area contributed by atoms with Gasteiger partial charge in [0.15, 0.2) is 0 Å². The van der Waals surface area contributed by atoms with Crippen molar-refractivity contribution < 1.29 is 0 Å². The van der Waals surface area contributed by atoms with Crippen LogP contribution in [0.3, 0.4) is 0 Å². The van der Waals surface area contributed by atoms with Crippen molar-refractivity contribution in [3.05, 3.63) is 40.0 Å². The highest BCUT2D eigenvalue weighted by atomic mass is 79.9. The lowest BCUT2D eigenvalue weighted by Gasteiger charge is -2.39. The van der Waals surface area contributed by atoms with Gasteiger partial charge in [0, 0.05) is 23.5 Å². The van der Waals surface area contributed by atoms with E-state index < -0.39 is 0 Å². The maximum atomic E-state index is 3.69. The molecular formula is C16H17BrN2. The van der Waals surface area contributed by atoms with Crippen LogP contribution >= 0.6 is 15.9 Å². The van der Waals surface area contributed by atoms with Crippen molar-refractivity contribution in [1.82, 2.24) is 9.88 Å². The van der Waals surface area contributed by atoms with E-state index in [1.807, 2.05) is 0 Å². The molecule has 2 aliphatic rings. The summed E-state index contributed by atoms with van der Waals surface area (Å²) in [4.78, 5) is 5.97. The van der Waals surface area contributed by atoms with Crippen molar-refractivity contribution in [2.45, 2.75) is 19.4 Å². The summed E-state index contributed by atoms with van der Waals surface area (Å²) in [5.74, 6) is 0.635. The molecule has 2 heterocycles. The zero-order valence-corrected chi connectivity index (χ0v) is 12.8. The normalized spacial score (nSPS) is 26.4. The Balaban J connectivity index is 2.04. The summed E-state index contributed by atoms with van der Waals surface area (Å²) in [5, 5.41) is 1.42. The molecule has 1 aliphatic heterocycles. The van der Waals surface area contributed by atoms with Crippen molar-refractivity contribution in [2.75, 3.05) is 13.6 Å². The molecule has 1 N–H and O–H groups in total. The van der Waals surface area contributed by atoms with Crippen LogP contribution in [-0.4, -0.2) is 29.5 Å². The SMILES string of the molecule is C[C@@H]1C=C2c3cccc4[nH]c(Br)c(c34)C[C@H]2N(C)C1. The van der Waals surface area contributed by atoms with E-state index in [0.717, 1.165) is 17.6 Å². The number of nitrogens with one attached hydrogen (secondary N) is 1. The molecule has 19 heavy (non-hydrogen) atoms. The van der Waals surface area contributed by atoms with Gasteiger partial charge in [0.25, 0.3) is 0 Å². The summed E-state index contributed by atoms with van der Waals surface area (Å²) in [6, 6.07) is 7.13. The number of rotatable bonds is 0. The van der Waals surface area contributed by atoms with Gasteiger partial charge in [0.05, 0.1) is 4.60 Å². The van der Waals surface area contributed by atoms with Gasteiger partial charge >= 0.3 is 0 Å². The van der Waals surface area contributed by atoms with Crippen LogP contribution in [0.2, 0.25) is 0 Å². The molecule has 0 bridgehead atoms. The van der Waals surface area contributed by atoms with E-state index >= 15 is 0 Å². The quantitative estimate of drug-likeness (QED) is 0.783. The molecule has 1 aliphatic carbocycles. The largest absolute Gasteiger partial charge is 0.349 e. The molecule has 0 amide bonds. The molecule has 3 heteroatoms. The van der Waals surface area contributed by atoms with E-state index in [-0.39, 0.29) is 0 Å². The smallest absolute Gasteiger partial charge is 0.0864 e. The first-order valence-electron chi connectivity index (χ1n) is 6.86. The van der Waals surface area contributed by atoms with E-state index in [4.69, 9.17) is 0 Å². The lowest BCUT2D eigenvalue weighted by molar-refractivity contribution is 0.252. The van der Waals surface area contributed by atoms with Crippen LogP contribution in [0.25, 0.3) is 16.5 Å². The number of fused-ring (bicyclic) bond motifs is 2. The molecule has 2 nitrogen and oxygen atoms in total. The molecule has 0 saturated carbocycles. The number of nitrogens with zero attached hydrogens (tertiary/aromatic N) is 1. The molecule has 4 rings (SSSR count). The summed E-state index contributed by atoms with van der Waals surface area (Å²) >= 11 is 3.69. The average Bonchev–Trinajstić information content (AvgIpc) is 2.69. The lowest BCUT2D eigenvalue weighted by atomic mass is 9.80. The third-order valence-electron chi connectivity index (χ3n) is 4.52. The molecule has 0 fully saturated rings. The van der Waals surface area contributed by atoms with Crippen LogP contribution in [0, 0.1) is 5.92 Å². The third kappa shape index (κ3) is 1.58. The Labute approximate surface area is 121 Å². The molecule has 1 aromatic carbocycles. The van der Waals surface area contributed by atoms with E-state index in [0.29, 0.717) is 12.0 Å². The number of likely N-dealkylation sites (N-methyl/N-ethyl adjacent to an activating group) is 1. The Kier molecular flexibility index (Phi) is 2.45. The number of aromatic nitrogens is 1. The molecule has 2 atom stereocenters. The second-order valence-corrected chi connectivity index (χ2v) is 6.70. The van der Waals surface area contributed by atoms with Gasteiger partial charge in [-0.1, -0.05) is 25.1 Å². The monoisotopic (exact) mass is 316 g/mol. The van der Waals surface area contributed by atoms with E-state index in [1.165, 1.54) is 27.6 Å². The minimum Gasteiger partial charge on any atom is -0.349 e. The summed E-state index contributed by atoms with van der Waals surface area (Å²) in [6.07, 6.45) is 3.58. The predicted octanol–water partition coefficient (Wildman–Crippen LogP) is 3.82. The Hall–Kier alpha value is -1.06. The zero-order chi connectivity index (χ0) is 13.1. The Morgan fingerprint density at radius 3 is 3.05 bits per heavy atom. The van der Waals surface area contributed by atoms with Crippen molar-refractivity contribution in [1.29, 1.82) is 0 Å². The first-order valence-corrected chi connectivity index (χ1v) is 7.66. The molecule has 2 aromatic rings. The van der Waals surface area contributed by atoms with E-state index in [1.54, 1.807) is 0 Å². The summed E-state index contributed by atoms with van der Waals surface area (Å²) in [5.41, 5.74) is 5.63. The molecular weight excluding hydrogens is 300 g/mol. The van der Waals surface area contributed by atoms with Gasteiger partial charge in [-0.15, -0.1) is 0 Å². The fourth-order valence-electron chi connectivity index (χ4n) is 3.73. The predicted molar refractivity (Wildman–Crippen MR) is 83.3 cm³/mol. The van der Waals surface area contributed by atoms with Gasteiger partial charge in [-0.25, -0.2) is 0 Å². The lowest BCUT2D eigenvalue weighted by Crippen LogP contribution is -2.41. The highest BCUT2D eigenvalue weighted by Gasteiger charge is 2.33. The van der Waals surface area contributed by atoms with Crippen molar-refractivity contribution in [3.63, 3.8) is 0 Å². The number of benzene rings is 1. The Morgan fingerprint density at radius 2 is 2.21 bits per heavy atom. The van der Waals surface area contributed by atoms with Gasteiger partial charge in [0.1, 0.15) is 0 Å². The minimum absolute atomic E-state index is 0.529. The number of hydrogen-bond acceptors (Lipinski definition) is 1. The number of H-pyrrole nitrogens is 1. The second kappa shape index (κ2) is 3.97. The highest BCUT2D eigenvalue weighted by Crippen LogP contribution is 2.43. The Morgan fingerprint density at radius 1 is 1.37 bits per heavy atom. The molecule has 1 aromatic heterocycles. The standard InChI is InChI=1S/C16H17BrN2/c1-9-6-11-10-4-3-5-13-15(10)12(16(17)18-13)7-14(11)19(2)8-9/h3-6,9,14,18H,7-8H2,1-2H3/t9-,14-/m1/s1. The van der Waals surface area contributed by atoms with Crippen molar-refractivity contribution in [3.8, 4) is 0 Å². The zero-order valence-electron chi connectivity index (χ0n) is 11.2. The van der Waals surface area contributed by atoms with Crippen LogP contribution < -0.4 is 0 Å². The fourth-order valence-corrected chi connectivity index (χ4v) is 4.31. The molecule has 98 valence electrons. The number of hydrogen-bond donors (Lipinski definition) is 1. The fraction of sp³-hybridized carbons (Fsp3) is 0.375. The van der Waals surface area contributed by atoms with Gasteiger partial charge < -0.3 is 4.98 Å². The summed E-state index contributed by atoms with van der Waals surface area (Å²) in [7, 11) is 2.25. The topological polar surface area (TPSA) is 19.0 Å². The summed E-state index contributed by atoms with van der Waals surface area (Å²) < 4.78 is 1.15. The second-order valence-electron chi connectivity index (χ2n) is 5.90. The first-order chi connectivity index (χ1) is 9.15. The molecule has 0 saturated heterocycles. The number of halogens is 1.